The van der Waals surface area contributed by atoms with Gasteiger partial charge in [-0.2, -0.15) is 0 Å². The largest absolute Gasteiger partial charge is 0.573 e. The first-order chi connectivity index (χ1) is 16.7. The Bertz CT molecular complexity index is 1500. The summed E-state index contributed by atoms with van der Waals surface area (Å²) < 4.78 is 49.6. The van der Waals surface area contributed by atoms with Crippen molar-refractivity contribution in [3.05, 3.63) is 53.7 Å². The number of likely N-dealkylation sites (tertiary alicyclic amines) is 1. The van der Waals surface area contributed by atoms with Gasteiger partial charge in [-0.3, -0.25) is 9.20 Å². The zero-order chi connectivity index (χ0) is 24.5. The van der Waals surface area contributed by atoms with Crippen LogP contribution in [0, 0.1) is 6.92 Å². The highest BCUT2D eigenvalue weighted by Crippen LogP contribution is 2.46. The van der Waals surface area contributed by atoms with Crippen LogP contribution in [-0.2, 0) is 0 Å². The minimum absolute atomic E-state index is 0.211. The Morgan fingerprint density at radius 1 is 1.26 bits per heavy atom. The number of alkyl halides is 3. The summed E-state index contributed by atoms with van der Waals surface area (Å²) in [5.74, 6) is -0.0742. The number of piperidine rings is 1. The van der Waals surface area contributed by atoms with Crippen molar-refractivity contribution in [2.24, 2.45) is 0 Å². The first-order valence-corrected chi connectivity index (χ1v) is 11.0. The first kappa shape index (κ1) is 21.4. The number of hydrogen-bond donors (Lipinski definition) is 1. The van der Waals surface area contributed by atoms with Crippen molar-refractivity contribution in [2.45, 2.75) is 38.3 Å². The number of nitrogens with two attached hydrogens (primary N) is 1. The van der Waals surface area contributed by atoms with Crippen molar-refractivity contribution in [1.29, 1.82) is 0 Å². The Labute approximate surface area is 196 Å². The maximum Gasteiger partial charge on any atom is 0.573 e. The number of imidazole rings is 1. The van der Waals surface area contributed by atoms with E-state index < -0.39 is 12.4 Å². The number of ether oxygens (including phenoxy) is 2. The van der Waals surface area contributed by atoms with Crippen molar-refractivity contribution in [1.82, 2.24) is 24.3 Å². The van der Waals surface area contributed by atoms with Gasteiger partial charge in [0.05, 0.1) is 23.4 Å². The summed E-state index contributed by atoms with van der Waals surface area (Å²) in [4.78, 5) is 28.3. The van der Waals surface area contributed by atoms with E-state index in [1.54, 1.807) is 21.7 Å². The fourth-order valence-electron chi connectivity index (χ4n) is 4.99. The first-order valence-electron chi connectivity index (χ1n) is 11.0. The maximum absolute atomic E-state index is 13.6. The van der Waals surface area contributed by atoms with Crippen LogP contribution >= 0.6 is 0 Å². The minimum Gasteiger partial charge on any atom is -0.487 e. The number of amides is 1. The molecule has 5 heterocycles. The fourth-order valence-corrected chi connectivity index (χ4v) is 4.99. The summed E-state index contributed by atoms with van der Waals surface area (Å²) >= 11 is 0. The number of benzene rings is 1. The van der Waals surface area contributed by atoms with Crippen molar-refractivity contribution in [3.8, 4) is 11.5 Å². The summed E-state index contributed by atoms with van der Waals surface area (Å²) in [5.41, 5.74) is 9.46. The van der Waals surface area contributed by atoms with E-state index in [1.165, 1.54) is 24.4 Å². The quantitative estimate of drug-likeness (QED) is 0.461. The number of aromatic nitrogens is 4. The van der Waals surface area contributed by atoms with E-state index in [0.717, 1.165) is 0 Å². The van der Waals surface area contributed by atoms with Crippen LogP contribution in [0.1, 0.15) is 40.6 Å². The van der Waals surface area contributed by atoms with Gasteiger partial charge in [0, 0.05) is 18.2 Å². The van der Waals surface area contributed by atoms with E-state index in [-0.39, 0.29) is 29.2 Å². The highest BCUT2D eigenvalue weighted by molar-refractivity contribution is 5.96. The van der Waals surface area contributed by atoms with E-state index in [0.29, 0.717) is 53.0 Å². The average Bonchev–Trinajstić information content (AvgIpc) is 3.38. The summed E-state index contributed by atoms with van der Waals surface area (Å²) in [6.07, 6.45) is -0.700. The second-order valence-electron chi connectivity index (χ2n) is 8.59. The van der Waals surface area contributed by atoms with E-state index >= 15 is 0 Å². The van der Waals surface area contributed by atoms with Gasteiger partial charge in [-0.25, -0.2) is 15.0 Å². The van der Waals surface area contributed by atoms with Crippen LogP contribution in [0.15, 0.2) is 36.8 Å². The van der Waals surface area contributed by atoms with Gasteiger partial charge in [-0.1, -0.05) is 0 Å². The molecule has 3 aromatic heterocycles. The number of hydrogen-bond acceptors (Lipinski definition) is 7. The molecule has 2 N–H and O–H groups in total. The third-order valence-corrected chi connectivity index (χ3v) is 6.43. The zero-order valence-corrected chi connectivity index (χ0v) is 18.4. The third kappa shape index (κ3) is 3.47. The number of rotatable bonds is 2. The summed E-state index contributed by atoms with van der Waals surface area (Å²) in [7, 11) is 0. The molecular weight excluding hydrogens is 465 g/mol. The molecule has 0 bridgehead atoms. The third-order valence-electron chi connectivity index (χ3n) is 6.43. The van der Waals surface area contributed by atoms with Crippen molar-refractivity contribution in [2.75, 3.05) is 12.3 Å². The number of pyridine rings is 1. The number of anilines is 1. The second kappa shape index (κ2) is 7.45. The fraction of sp³-hybridized carbons (Fsp3) is 0.304. The maximum atomic E-state index is 13.6. The molecule has 0 radical (unpaired) electrons. The molecule has 1 saturated heterocycles. The zero-order valence-electron chi connectivity index (χ0n) is 18.4. The molecule has 35 heavy (non-hydrogen) atoms. The van der Waals surface area contributed by atoms with Gasteiger partial charge < -0.3 is 20.1 Å². The van der Waals surface area contributed by atoms with E-state index in [1.807, 2.05) is 6.92 Å². The van der Waals surface area contributed by atoms with Crippen LogP contribution in [0.3, 0.4) is 0 Å². The Kier molecular flexibility index (Phi) is 4.57. The van der Waals surface area contributed by atoms with Gasteiger partial charge in [0.15, 0.2) is 5.82 Å². The highest BCUT2D eigenvalue weighted by Gasteiger charge is 2.44. The Balaban J connectivity index is 1.37. The highest BCUT2D eigenvalue weighted by atomic mass is 19.4. The molecule has 0 saturated carbocycles. The lowest BCUT2D eigenvalue weighted by Crippen LogP contribution is -2.44. The number of aryl methyl sites for hydroxylation is 1. The molecule has 1 amide bonds. The molecule has 6 rings (SSSR count). The second-order valence-corrected chi connectivity index (χ2v) is 8.59. The molecule has 0 aliphatic carbocycles. The molecule has 2 atom stereocenters. The molecule has 4 aromatic rings. The molecule has 2 aliphatic heterocycles. The predicted molar refractivity (Wildman–Crippen MR) is 118 cm³/mol. The lowest BCUT2D eigenvalue weighted by atomic mass is 9.94. The van der Waals surface area contributed by atoms with Crippen LogP contribution in [-0.4, -0.2) is 49.2 Å². The topological polar surface area (TPSA) is 108 Å². The number of carbonyl (C=O) groups is 1. The van der Waals surface area contributed by atoms with Gasteiger partial charge in [-0.05, 0) is 38.0 Å². The van der Waals surface area contributed by atoms with Crippen molar-refractivity contribution < 1.29 is 27.4 Å². The molecule has 0 spiro atoms. The molecule has 9 nitrogen and oxygen atoms in total. The SMILES string of the molecule is Cc1ncn2c1c(N)nc1cnc(C(=O)N3CCC[C@@H]4Oc5cc(OC(F)(F)F)ccc5[C@@H]43)cc12. The van der Waals surface area contributed by atoms with Gasteiger partial charge >= 0.3 is 6.36 Å². The Morgan fingerprint density at radius 2 is 2.09 bits per heavy atom. The Hall–Kier alpha value is -4.09. The lowest BCUT2D eigenvalue weighted by molar-refractivity contribution is -0.274. The molecule has 1 fully saturated rings. The molecule has 12 heteroatoms. The van der Waals surface area contributed by atoms with Gasteiger partial charge in [-0.15, -0.1) is 13.2 Å². The monoisotopic (exact) mass is 484 g/mol. The van der Waals surface area contributed by atoms with E-state index in [9.17, 15) is 18.0 Å². The van der Waals surface area contributed by atoms with Crippen LogP contribution in [0.2, 0.25) is 0 Å². The smallest absolute Gasteiger partial charge is 0.487 e. The summed E-state index contributed by atoms with van der Waals surface area (Å²) in [6.45, 7) is 2.28. The van der Waals surface area contributed by atoms with E-state index in [4.69, 9.17) is 10.5 Å². The van der Waals surface area contributed by atoms with Gasteiger partial charge in [0.2, 0.25) is 0 Å². The molecular formula is C23H19F3N6O3. The summed E-state index contributed by atoms with van der Waals surface area (Å²) in [5, 5.41) is 0. The van der Waals surface area contributed by atoms with Crippen LogP contribution in [0.4, 0.5) is 19.0 Å². The molecule has 2 aliphatic rings. The molecule has 180 valence electrons. The molecule has 1 aromatic carbocycles. The standard InChI is InChI=1S/C23H19F3N6O3/c1-11-19-21(27)30-15-9-28-14(8-16(15)32(19)10-29-11)22(33)31-6-2-3-17-20(31)13-5-4-12(7-18(13)34-17)35-23(24,25)26/h4-5,7-10,17,20H,2-3,6H2,1H3,(H2,27,30)/t17-,20-/m0/s1. The number of halogens is 3. The number of nitrogen functional groups attached to an aromatic ring is 1. The average molecular weight is 484 g/mol. The number of carbonyl (C=O) groups excluding carboxylic acids is 1. The van der Waals surface area contributed by atoms with E-state index in [2.05, 4.69) is 19.7 Å². The number of fused-ring (bicyclic) bond motifs is 6. The molecule has 0 unspecified atom stereocenters. The van der Waals surface area contributed by atoms with Crippen molar-refractivity contribution in [3.63, 3.8) is 0 Å². The van der Waals surface area contributed by atoms with Crippen LogP contribution < -0.4 is 15.2 Å². The van der Waals surface area contributed by atoms with Crippen LogP contribution in [0.25, 0.3) is 16.6 Å². The number of nitrogens with zero attached hydrogens (tertiary/aromatic N) is 5. The Morgan fingerprint density at radius 3 is 2.89 bits per heavy atom. The van der Waals surface area contributed by atoms with Crippen LogP contribution in [0.5, 0.6) is 11.5 Å². The minimum atomic E-state index is -4.80. The van der Waals surface area contributed by atoms with Crippen molar-refractivity contribution >= 4 is 28.3 Å². The van der Waals surface area contributed by atoms with Gasteiger partial charge in [0.25, 0.3) is 5.91 Å². The van der Waals surface area contributed by atoms with Gasteiger partial charge in [0.1, 0.15) is 40.7 Å². The summed E-state index contributed by atoms with van der Waals surface area (Å²) in [6, 6.07) is 5.18. The predicted octanol–water partition coefficient (Wildman–Crippen LogP) is 3.81. The lowest BCUT2D eigenvalue weighted by Gasteiger charge is -2.36. The normalized spacial score (nSPS) is 19.5.